The summed E-state index contributed by atoms with van der Waals surface area (Å²) in [7, 11) is 0. The van der Waals surface area contributed by atoms with Gasteiger partial charge in [0.2, 0.25) is 0 Å². The Kier molecular flexibility index (Phi) is 6.20. The highest BCUT2D eigenvalue weighted by atomic mass is 35.5. The molecule has 29 heavy (non-hydrogen) atoms. The molecule has 150 valence electrons. The van der Waals surface area contributed by atoms with Crippen LogP contribution in [0.4, 0.5) is 21.3 Å². The number of hydrogen-bond acceptors (Lipinski definition) is 4. The van der Waals surface area contributed by atoms with E-state index in [4.69, 9.17) is 11.6 Å². The van der Waals surface area contributed by atoms with Crippen LogP contribution in [0.1, 0.15) is 32.1 Å². The molecule has 0 fully saturated rings. The summed E-state index contributed by atoms with van der Waals surface area (Å²) >= 11 is 6.97. The number of carbonyl (C=O) groups excluding carboxylic acids is 2. The molecule has 1 aromatic heterocycles. The Hall–Kier alpha value is -2.90. The molecule has 0 spiro atoms. The van der Waals surface area contributed by atoms with Crippen LogP contribution in [0.2, 0.25) is 5.02 Å². The number of urea groups is 1. The van der Waals surface area contributed by atoms with Crippen LogP contribution in [0.25, 0.3) is 0 Å². The number of anilines is 3. The molecule has 0 aliphatic carbocycles. The first kappa shape index (κ1) is 20.8. The number of aryl methyl sites for hydroxylation is 4. The molecule has 1 heterocycles. The number of halogens is 1. The number of carbonyl (C=O) groups is 2. The number of nitrogens with zero attached hydrogens (tertiary/aromatic N) is 1. The average molecular weight is 429 g/mol. The molecule has 0 aliphatic rings. The molecule has 8 heteroatoms. The second-order valence-corrected chi connectivity index (χ2v) is 8.18. The maximum atomic E-state index is 12.8. The first-order valence-electron chi connectivity index (χ1n) is 8.93. The molecule has 0 radical (unpaired) electrons. The lowest BCUT2D eigenvalue weighted by molar-refractivity contribution is 0.102. The van der Waals surface area contributed by atoms with Crippen molar-refractivity contribution >= 4 is 51.4 Å². The van der Waals surface area contributed by atoms with E-state index in [0.717, 1.165) is 33.7 Å². The van der Waals surface area contributed by atoms with Gasteiger partial charge in [-0.15, -0.1) is 0 Å². The van der Waals surface area contributed by atoms with Gasteiger partial charge in [-0.05, 0) is 63.1 Å². The number of hydrogen-bond donors (Lipinski definition) is 3. The van der Waals surface area contributed by atoms with E-state index in [1.54, 1.807) is 31.2 Å². The van der Waals surface area contributed by atoms with E-state index in [0.29, 0.717) is 26.4 Å². The van der Waals surface area contributed by atoms with E-state index < -0.39 is 6.03 Å². The van der Waals surface area contributed by atoms with Crippen molar-refractivity contribution in [2.24, 2.45) is 0 Å². The molecule has 0 saturated carbocycles. The largest absolute Gasteiger partial charge is 0.325 e. The van der Waals surface area contributed by atoms with Gasteiger partial charge < -0.3 is 10.6 Å². The normalized spacial score (nSPS) is 10.5. The fourth-order valence-corrected chi connectivity index (χ4v) is 3.98. The fourth-order valence-electron chi connectivity index (χ4n) is 3.00. The molecule has 0 saturated heterocycles. The van der Waals surface area contributed by atoms with Crippen molar-refractivity contribution in [2.75, 3.05) is 16.0 Å². The van der Waals surface area contributed by atoms with Crippen molar-refractivity contribution in [3.8, 4) is 0 Å². The molecule has 3 rings (SSSR count). The summed E-state index contributed by atoms with van der Waals surface area (Å²) in [6, 6.07) is 10.4. The Morgan fingerprint density at radius 1 is 0.931 bits per heavy atom. The van der Waals surface area contributed by atoms with Crippen LogP contribution in [0.3, 0.4) is 0 Å². The highest BCUT2D eigenvalue weighted by molar-refractivity contribution is 7.17. The monoisotopic (exact) mass is 428 g/mol. The first-order chi connectivity index (χ1) is 13.7. The fraction of sp³-hybridized carbons (Fsp3) is 0.190. The van der Waals surface area contributed by atoms with E-state index in [1.807, 2.05) is 32.9 Å². The Morgan fingerprint density at radius 2 is 1.55 bits per heavy atom. The summed E-state index contributed by atoms with van der Waals surface area (Å²) in [6.45, 7) is 7.68. The molecule has 0 bridgehead atoms. The second kappa shape index (κ2) is 8.63. The lowest BCUT2D eigenvalue weighted by Gasteiger charge is -2.12. The summed E-state index contributed by atoms with van der Waals surface area (Å²) in [5, 5.41) is 9.25. The summed E-state index contributed by atoms with van der Waals surface area (Å²) in [5.41, 5.74) is 5.09. The Morgan fingerprint density at radius 3 is 2.17 bits per heavy atom. The lowest BCUT2D eigenvalue weighted by Crippen LogP contribution is -2.19. The van der Waals surface area contributed by atoms with E-state index in [9.17, 15) is 9.59 Å². The van der Waals surface area contributed by atoms with E-state index in [1.165, 1.54) is 0 Å². The third-order valence-electron chi connectivity index (χ3n) is 4.24. The van der Waals surface area contributed by atoms with Crippen molar-refractivity contribution in [2.45, 2.75) is 27.7 Å². The Bertz CT molecular complexity index is 1050. The van der Waals surface area contributed by atoms with Gasteiger partial charge >= 0.3 is 6.03 Å². The highest BCUT2D eigenvalue weighted by Gasteiger charge is 2.18. The maximum Gasteiger partial charge on any atom is 0.325 e. The zero-order valence-electron chi connectivity index (χ0n) is 16.5. The van der Waals surface area contributed by atoms with E-state index >= 15 is 0 Å². The molecule has 6 nitrogen and oxygen atoms in total. The Balaban J connectivity index is 1.70. The number of thiazole rings is 1. The minimum absolute atomic E-state index is 0.249. The van der Waals surface area contributed by atoms with Crippen LogP contribution in [-0.4, -0.2) is 16.9 Å². The van der Waals surface area contributed by atoms with Crippen LogP contribution in [0, 0.1) is 27.7 Å². The van der Waals surface area contributed by atoms with Crippen LogP contribution in [0.15, 0.2) is 36.4 Å². The van der Waals surface area contributed by atoms with Crippen molar-refractivity contribution in [1.82, 2.24) is 4.98 Å². The number of nitrogens with one attached hydrogen (secondary N) is 3. The molecule has 0 atom stereocenters. The quantitative estimate of drug-likeness (QED) is 0.481. The second-order valence-electron chi connectivity index (χ2n) is 6.75. The summed E-state index contributed by atoms with van der Waals surface area (Å²) < 4.78 is 0. The van der Waals surface area contributed by atoms with Gasteiger partial charge in [0.15, 0.2) is 5.13 Å². The zero-order valence-corrected chi connectivity index (χ0v) is 18.1. The van der Waals surface area contributed by atoms with Gasteiger partial charge in [0.1, 0.15) is 4.88 Å². The predicted molar refractivity (Wildman–Crippen MR) is 120 cm³/mol. The number of amides is 3. The minimum atomic E-state index is -0.446. The van der Waals surface area contributed by atoms with Crippen molar-refractivity contribution < 1.29 is 9.59 Å². The number of aromatic nitrogens is 1. The summed E-state index contributed by atoms with van der Waals surface area (Å²) in [4.78, 5) is 29.7. The van der Waals surface area contributed by atoms with Crippen molar-refractivity contribution in [3.05, 3.63) is 68.7 Å². The molecular weight excluding hydrogens is 408 g/mol. The molecule has 0 unspecified atom stereocenters. The average Bonchev–Trinajstić information content (AvgIpc) is 3.00. The molecule has 3 N–H and O–H groups in total. The lowest BCUT2D eigenvalue weighted by atomic mass is 10.1. The summed E-state index contributed by atoms with van der Waals surface area (Å²) in [6.07, 6.45) is 0. The highest BCUT2D eigenvalue weighted by Crippen LogP contribution is 2.27. The third kappa shape index (κ3) is 5.13. The predicted octanol–water partition coefficient (Wildman–Crippen LogP) is 5.93. The van der Waals surface area contributed by atoms with Gasteiger partial charge in [0.05, 0.1) is 5.69 Å². The Labute approximate surface area is 178 Å². The molecule has 3 aromatic rings. The minimum Gasteiger partial charge on any atom is -0.321 e. The van der Waals surface area contributed by atoms with Gasteiger partial charge in [-0.2, -0.15) is 0 Å². The van der Waals surface area contributed by atoms with Gasteiger partial charge in [0, 0.05) is 16.4 Å². The number of rotatable bonds is 4. The van der Waals surface area contributed by atoms with E-state index in [-0.39, 0.29) is 5.91 Å². The topological polar surface area (TPSA) is 83.1 Å². The van der Waals surface area contributed by atoms with Crippen LogP contribution >= 0.6 is 22.9 Å². The van der Waals surface area contributed by atoms with Gasteiger partial charge in [0.25, 0.3) is 5.91 Å². The van der Waals surface area contributed by atoms with Gasteiger partial charge in [-0.25, -0.2) is 9.78 Å². The molecule has 2 aromatic carbocycles. The molecule has 0 aliphatic heterocycles. The molecular formula is C21H21ClN4O2S. The standard InChI is InChI=1S/C21H21ClN4O2S/c1-11-9-12(2)17(13(3)10-11)25-19(27)18-14(4)23-21(29-18)26-20(28)24-16-7-5-15(22)6-8-16/h5-10H,1-4H3,(H,25,27)(H2,23,24,26,28). The van der Waals surface area contributed by atoms with Crippen molar-refractivity contribution in [3.63, 3.8) is 0 Å². The third-order valence-corrected chi connectivity index (χ3v) is 5.56. The SMILES string of the molecule is Cc1cc(C)c(NC(=O)c2sc(NC(=O)Nc3ccc(Cl)cc3)nc2C)c(C)c1. The van der Waals surface area contributed by atoms with Crippen LogP contribution in [-0.2, 0) is 0 Å². The van der Waals surface area contributed by atoms with Crippen LogP contribution < -0.4 is 16.0 Å². The summed E-state index contributed by atoms with van der Waals surface area (Å²) in [5.74, 6) is -0.249. The van der Waals surface area contributed by atoms with E-state index in [2.05, 4.69) is 20.9 Å². The zero-order chi connectivity index (χ0) is 21.1. The smallest absolute Gasteiger partial charge is 0.321 e. The van der Waals surface area contributed by atoms with Crippen LogP contribution in [0.5, 0.6) is 0 Å². The van der Waals surface area contributed by atoms with Gasteiger partial charge in [-0.1, -0.05) is 40.6 Å². The maximum absolute atomic E-state index is 12.8. The van der Waals surface area contributed by atoms with Gasteiger partial charge in [-0.3, -0.25) is 10.1 Å². The van der Waals surface area contributed by atoms with Crippen molar-refractivity contribution in [1.29, 1.82) is 0 Å². The number of benzene rings is 2. The first-order valence-corrected chi connectivity index (χ1v) is 10.1. The molecule has 3 amide bonds.